The van der Waals surface area contributed by atoms with Gasteiger partial charge in [-0.2, -0.15) is 0 Å². The molecule has 0 aromatic carbocycles. The summed E-state index contributed by atoms with van der Waals surface area (Å²) in [5, 5.41) is 89.0. The van der Waals surface area contributed by atoms with E-state index >= 15 is 0 Å². The van der Waals surface area contributed by atoms with E-state index in [1.54, 1.807) is 93.5 Å². The summed E-state index contributed by atoms with van der Waals surface area (Å²) >= 11 is 0. The molecule has 4 saturated heterocycles. The van der Waals surface area contributed by atoms with Gasteiger partial charge in [0, 0.05) is 85.2 Å². The maximum atomic E-state index is 13.5. The molecule has 0 spiro atoms. The first-order valence-electron chi connectivity index (χ1n) is 25.3. The zero-order valence-corrected chi connectivity index (χ0v) is 43.0. The minimum Gasteiger partial charge on any atom is -0.458 e. The molecule has 70 heavy (non-hydrogen) atoms. The third-order valence-electron chi connectivity index (χ3n) is 16.0. The Kier molecular flexibility index (Phi) is 20.4. The molecule has 0 amide bonds. The summed E-state index contributed by atoms with van der Waals surface area (Å²) in [5.74, 6) is -9.94. The molecule has 0 aromatic heterocycles. The number of hydrogen-bond donors (Lipinski definition) is 8. The third kappa shape index (κ3) is 13.9. The largest absolute Gasteiger partial charge is 0.458 e. The first-order chi connectivity index (χ1) is 32.7. The molecule has 5 rings (SSSR count). The van der Waals surface area contributed by atoms with Crippen LogP contribution in [0.2, 0.25) is 0 Å². The van der Waals surface area contributed by atoms with Crippen molar-refractivity contribution in [3.8, 4) is 0 Å². The number of aliphatic hydroxyl groups excluding tert-OH is 6. The number of allylic oxidation sites excluding steroid dienone is 4. The fourth-order valence-electron chi connectivity index (χ4n) is 10.6. The Morgan fingerprint density at radius 3 is 1.23 bits per heavy atom. The Morgan fingerprint density at radius 2 is 0.900 bits per heavy atom. The fourth-order valence-corrected chi connectivity index (χ4v) is 10.6. The van der Waals surface area contributed by atoms with Crippen molar-refractivity contribution in [2.75, 3.05) is 0 Å². The van der Waals surface area contributed by atoms with Crippen molar-refractivity contribution in [3.05, 3.63) is 48.6 Å². The van der Waals surface area contributed by atoms with Crippen LogP contribution in [-0.2, 0) is 47.5 Å². The van der Waals surface area contributed by atoms with E-state index in [1.165, 1.54) is 24.3 Å². The molecule has 0 bridgehead atoms. The van der Waals surface area contributed by atoms with Gasteiger partial charge in [0.2, 0.25) is 0 Å². The molecule has 0 saturated carbocycles. The zero-order valence-electron chi connectivity index (χ0n) is 43.0. The topological polar surface area (TPSA) is 270 Å². The Hall–Kier alpha value is -2.66. The molecule has 8 N–H and O–H groups in total. The molecule has 4 fully saturated rings. The number of carbonyl (C=O) groups is 2. The zero-order chi connectivity index (χ0) is 52.2. The minimum atomic E-state index is -1.88. The standard InChI is InChI=1S/C52H84O18/c1-25-17-13-15-19-42(56)68-50(30(6)46(58)32(8)52(62)24-40(28(4)34(10)70-52)66-44-22-38(54)48(60)36(12)64-44)26(2)18-14-16-20-41(55)67-49(25)29(5)45(57)31(7)51(61)23-39(27(3)33(9)69-51)65-43-21-37(53)47(59)35(11)63-43/h13-20,25-40,43-50,53-54,57-62H,21-24H2,1-12H3/b17-13+,18-14+,19-15+,20-16+. The highest BCUT2D eigenvalue weighted by Crippen LogP contribution is 2.44. The lowest BCUT2D eigenvalue weighted by Gasteiger charge is -2.49. The Balaban J connectivity index is 1.27. The average Bonchev–Trinajstić information content (AvgIpc) is 3.29. The smallest absolute Gasteiger partial charge is 0.331 e. The Morgan fingerprint density at radius 1 is 0.557 bits per heavy atom. The van der Waals surface area contributed by atoms with Gasteiger partial charge in [0.1, 0.15) is 24.4 Å². The predicted octanol–water partition coefficient (Wildman–Crippen LogP) is 3.34. The van der Waals surface area contributed by atoms with Gasteiger partial charge in [-0.05, 0) is 27.7 Å². The molecule has 26 unspecified atom stereocenters. The molecule has 400 valence electrons. The van der Waals surface area contributed by atoms with Gasteiger partial charge in [-0.1, -0.05) is 91.8 Å². The van der Waals surface area contributed by atoms with Crippen molar-refractivity contribution in [2.45, 2.75) is 218 Å². The van der Waals surface area contributed by atoms with Gasteiger partial charge in [0.25, 0.3) is 0 Å². The summed E-state index contributed by atoms with van der Waals surface area (Å²) in [5.41, 5.74) is 0. The van der Waals surface area contributed by atoms with E-state index < -0.39 is 157 Å². The van der Waals surface area contributed by atoms with E-state index in [1.807, 2.05) is 13.8 Å². The van der Waals surface area contributed by atoms with Gasteiger partial charge in [-0.25, -0.2) is 9.59 Å². The van der Waals surface area contributed by atoms with Gasteiger partial charge in [-0.3, -0.25) is 0 Å². The lowest BCUT2D eigenvalue weighted by Crippen LogP contribution is -2.59. The number of rotatable bonds is 12. The SMILES string of the molecule is CC1/C=C/C=C/C(=O)OC(C(C)C(O)C(C)C2(O)CC(OC3CC(O)C(O)C(C)O3)C(C)C(C)O2)C(C)/C=C/C=C/C(=O)OC1C(C)C(O)C(C)C1(O)CC(OC2CC(O)C(O)C(C)O2)C(C)C(C)O1. The van der Waals surface area contributed by atoms with Crippen molar-refractivity contribution in [2.24, 2.45) is 47.3 Å². The first kappa shape index (κ1) is 58.2. The van der Waals surface area contributed by atoms with Crippen molar-refractivity contribution >= 4 is 11.9 Å². The molecule has 18 heteroatoms. The average molecular weight is 997 g/mol. The summed E-state index contributed by atoms with van der Waals surface area (Å²) in [6.07, 6.45) is -1.75. The van der Waals surface area contributed by atoms with Crippen LogP contribution in [0.25, 0.3) is 0 Å². The highest BCUT2D eigenvalue weighted by atomic mass is 16.7. The van der Waals surface area contributed by atoms with Crippen LogP contribution < -0.4 is 0 Å². The van der Waals surface area contributed by atoms with Crippen LogP contribution in [0, 0.1) is 47.3 Å². The molecule has 5 heterocycles. The molecule has 18 nitrogen and oxygen atoms in total. The van der Waals surface area contributed by atoms with Crippen LogP contribution in [0.4, 0.5) is 0 Å². The fraction of sp³-hybridized carbons (Fsp3) is 0.808. The molecule has 5 aliphatic rings. The van der Waals surface area contributed by atoms with E-state index in [0.717, 1.165) is 0 Å². The molecule has 26 atom stereocenters. The molecular weight excluding hydrogens is 913 g/mol. The summed E-state index contributed by atoms with van der Waals surface area (Å²) in [4.78, 5) is 26.9. The van der Waals surface area contributed by atoms with Crippen LogP contribution in [-0.4, -0.2) is 162 Å². The first-order valence-corrected chi connectivity index (χ1v) is 25.3. The number of ether oxygens (including phenoxy) is 8. The van der Waals surface area contributed by atoms with Gasteiger partial charge >= 0.3 is 11.9 Å². The van der Waals surface area contributed by atoms with Gasteiger partial charge < -0.3 is 78.7 Å². The van der Waals surface area contributed by atoms with Crippen LogP contribution >= 0.6 is 0 Å². The summed E-state index contributed by atoms with van der Waals surface area (Å²) in [7, 11) is 0. The Bertz CT molecular complexity index is 1670. The van der Waals surface area contributed by atoms with Crippen LogP contribution in [0.3, 0.4) is 0 Å². The molecular formula is C52H84O18. The monoisotopic (exact) mass is 997 g/mol. The highest BCUT2D eigenvalue weighted by Gasteiger charge is 2.53. The summed E-state index contributed by atoms with van der Waals surface area (Å²) in [6, 6.07) is 0. The van der Waals surface area contributed by atoms with Gasteiger partial charge in [-0.15, -0.1) is 0 Å². The van der Waals surface area contributed by atoms with Crippen LogP contribution in [0.5, 0.6) is 0 Å². The quantitative estimate of drug-likeness (QED) is 0.130. The third-order valence-corrected chi connectivity index (χ3v) is 16.0. The second kappa shape index (κ2) is 24.6. The predicted molar refractivity (Wildman–Crippen MR) is 254 cm³/mol. The number of esters is 2. The number of aliphatic hydroxyl groups is 8. The van der Waals surface area contributed by atoms with E-state index in [4.69, 9.17) is 37.9 Å². The number of hydrogen-bond acceptors (Lipinski definition) is 18. The number of carbonyl (C=O) groups excluding carboxylic acids is 2. The molecule has 0 radical (unpaired) electrons. The Labute approximate surface area is 413 Å². The van der Waals surface area contributed by atoms with Crippen LogP contribution in [0.15, 0.2) is 48.6 Å². The van der Waals surface area contributed by atoms with E-state index in [2.05, 4.69) is 0 Å². The van der Waals surface area contributed by atoms with E-state index in [-0.39, 0.29) is 37.5 Å². The van der Waals surface area contributed by atoms with Gasteiger partial charge in [0.15, 0.2) is 24.2 Å². The number of cyclic esters (lactones) is 2. The molecule has 0 aromatic rings. The second-order valence-corrected chi connectivity index (χ2v) is 21.2. The second-order valence-electron chi connectivity index (χ2n) is 21.2. The molecule has 5 aliphatic heterocycles. The highest BCUT2D eigenvalue weighted by molar-refractivity contribution is 5.83. The summed E-state index contributed by atoms with van der Waals surface area (Å²) in [6.45, 7) is 21.0. The van der Waals surface area contributed by atoms with E-state index in [0.29, 0.717) is 0 Å². The summed E-state index contributed by atoms with van der Waals surface area (Å²) < 4.78 is 48.6. The maximum Gasteiger partial charge on any atom is 0.331 e. The van der Waals surface area contributed by atoms with Crippen molar-refractivity contribution in [1.29, 1.82) is 0 Å². The minimum absolute atomic E-state index is 0.0377. The molecule has 0 aliphatic carbocycles. The van der Waals surface area contributed by atoms with Gasteiger partial charge in [0.05, 0.1) is 61.0 Å². The lowest BCUT2D eigenvalue weighted by molar-refractivity contribution is -0.343. The maximum absolute atomic E-state index is 13.5. The van der Waals surface area contributed by atoms with Crippen molar-refractivity contribution < 1.29 is 88.3 Å². The van der Waals surface area contributed by atoms with E-state index in [9.17, 15) is 50.4 Å². The van der Waals surface area contributed by atoms with Crippen LogP contribution in [0.1, 0.15) is 109 Å². The lowest BCUT2D eigenvalue weighted by atomic mass is 9.76. The normalized spacial score (nSPS) is 47.0. The van der Waals surface area contributed by atoms with Crippen molar-refractivity contribution in [3.63, 3.8) is 0 Å². The van der Waals surface area contributed by atoms with Crippen molar-refractivity contribution in [1.82, 2.24) is 0 Å².